The number of hydrogen-bond acceptors (Lipinski definition) is 4. The van der Waals surface area contributed by atoms with Crippen LogP contribution in [0.2, 0.25) is 0 Å². The summed E-state index contributed by atoms with van der Waals surface area (Å²) in [7, 11) is 0. The molecule has 0 atom stereocenters. The second-order valence-electron chi connectivity index (χ2n) is 8.36. The predicted octanol–water partition coefficient (Wildman–Crippen LogP) is 5.78. The van der Waals surface area contributed by atoms with E-state index in [-0.39, 0.29) is 11.7 Å². The number of nitrogens with one attached hydrogen (secondary N) is 1. The van der Waals surface area contributed by atoms with E-state index in [2.05, 4.69) is 28.4 Å². The summed E-state index contributed by atoms with van der Waals surface area (Å²) >= 11 is 1.82. The molecule has 0 spiro atoms. The number of ketones is 1. The van der Waals surface area contributed by atoms with Crippen molar-refractivity contribution in [3.05, 3.63) is 76.2 Å². The largest absolute Gasteiger partial charge is 0.321 e. The number of anilines is 1. The highest BCUT2D eigenvalue weighted by molar-refractivity contribution is 7.15. The van der Waals surface area contributed by atoms with Gasteiger partial charge in [0, 0.05) is 33.8 Å². The third-order valence-corrected chi connectivity index (χ3v) is 7.34. The third-order valence-electron chi connectivity index (χ3n) is 6.23. The topological polar surface area (TPSA) is 49.4 Å². The van der Waals surface area contributed by atoms with E-state index >= 15 is 0 Å². The molecule has 0 unspecified atom stereocenters. The number of carbonyl (C=O) groups excluding carboxylic acids is 2. The zero-order valence-corrected chi connectivity index (χ0v) is 18.3. The number of carbonyl (C=O) groups is 2. The minimum absolute atomic E-state index is 0.116. The number of hydrogen-bond donors (Lipinski definition) is 1. The first-order chi connectivity index (χ1) is 15.2. The first-order valence-corrected chi connectivity index (χ1v) is 11.9. The van der Waals surface area contributed by atoms with Gasteiger partial charge in [0.15, 0.2) is 5.78 Å². The SMILES string of the molecule is O=C(Nc1ccc(-c2ccc(CN3CCCCC3)s2)c2c1C(=O)CC2)c1ccccc1. The van der Waals surface area contributed by atoms with Crippen LogP contribution in [-0.2, 0) is 13.0 Å². The zero-order valence-electron chi connectivity index (χ0n) is 17.5. The van der Waals surface area contributed by atoms with Crippen molar-refractivity contribution in [2.24, 2.45) is 0 Å². The van der Waals surface area contributed by atoms with Crippen molar-refractivity contribution in [3.63, 3.8) is 0 Å². The minimum atomic E-state index is -0.185. The van der Waals surface area contributed by atoms with Crippen LogP contribution in [0.1, 0.15) is 56.8 Å². The lowest BCUT2D eigenvalue weighted by atomic mass is 9.99. The molecule has 1 aliphatic carbocycles. The van der Waals surface area contributed by atoms with Crippen molar-refractivity contribution >= 4 is 28.7 Å². The Morgan fingerprint density at radius 1 is 0.935 bits per heavy atom. The second kappa shape index (κ2) is 8.77. The average molecular weight is 431 g/mol. The van der Waals surface area contributed by atoms with Gasteiger partial charge in [0.2, 0.25) is 0 Å². The highest BCUT2D eigenvalue weighted by atomic mass is 32.1. The van der Waals surface area contributed by atoms with E-state index in [1.165, 1.54) is 42.1 Å². The maximum absolute atomic E-state index is 12.7. The lowest BCUT2D eigenvalue weighted by Gasteiger charge is -2.25. The summed E-state index contributed by atoms with van der Waals surface area (Å²) in [6.07, 6.45) is 5.18. The summed E-state index contributed by atoms with van der Waals surface area (Å²) in [5.74, 6) is -0.0690. The fourth-order valence-electron chi connectivity index (χ4n) is 4.65. The van der Waals surface area contributed by atoms with Gasteiger partial charge in [-0.2, -0.15) is 0 Å². The van der Waals surface area contributed by atoms with E-state index < -0.39 is 0 Å². The smallest absolute Gasteiger partial charge is 0.255 e. The Balaban J connectivity index is 1.41. The molecule has 2 aromatic carbocycles. The van der Waals surface area contributed by atoms with Gasteiger partial charge in [-0.25, -0.2) is 0 Å². The Hall–Kier alpha value is -2.76. The lowest BCUT2D eigenvalue weighted by Crippen LogP contribution is -2.28. The fraction of sp³-hybridized carbons (Fsp3) is 0.308. The van der Waals surface area contributed by atoms with Crippen LogP contribution in [0.4, 0.5) is 5.69 Å². The van der Waals surface area contributed by atoms with Crippen LogP contribution < -0.4 is 5.32 Å². The first kappa shape index (κ1) is 20.2. The van der Waals surface area contributed by atoms with E-state index in [1.807, 2.05) is 35.6 Å². The molecule has 1 N–H and O–H groups in total. The Morgan fingerprint density at radius 2 is 1.74 bits per heavy atom. The number of likely N-dealkylation sites (tertiary alicyclic amines) is 1. The quantitative estimate of drug-likeness (QED) is 0.558. The number of amides is 1. The van der Waals surface area contributed by atoms with Crippen molar-refractivity contribution in [1.29, 1.82) is 0 Å². The van der Waals surface area contributed by atoms with Crippen LogP contribution in [-0.4, -0.2) is 29.7 Å². The molecular formula is C26H26N2O2S. The molecular weight excluding hydrogens is 404 g/mol. The van der Waals surface area contributed by atoms with Gasteiger partial charge in [-0.3, -0.25) is 14.5 Å². The summed E-state index contributed by atoms with van der Waals surface area (Å²) in [6.45, 7) is 3.39. The zero-order chi connectivity index (χ0) is 21.2. The maximum Gasteiger partial charge on any atom is 0.255 e. The van der Waals surface area contributed by atoms with E-state index in [0.717, 1.165) is 24.1 Å². The number of thiophene rings is 1. The molecule has 1 aliphatic heterocycles. The Morgan fingerprint density at radius 3 is 2.55 bits per heavy atom. The molecule has 0 saturated carbocycles. The molecule has 158 valence electrons. The van der Waals surface area contributed by atoms with Crippen molar-refractivity contribution in [2.45, 2.75) is 38.6 Å². The highest BCUT2D eigenvalue weighted by Gasteiger charge is 2.27. The van der Waals surface area contributed by atoms with Gasteiger partial charge in [-0.05, 0) is 73.8 Å². The molecule has 1 saturated heterocycles. The number of nitrogens with zero attached hydrogens (tertiary/aromatic N) is 1. The monoisotopic (exact) mass is 430 g/mol. The van der Waals surface area contributed by atoms with E-state index in [0.29, 0.717) is 23.2 Å². The van der Waals surface area contributed by atoms with Crippen LogP contribution in [0.25, 0.3) is 10.4 Å². The summed E-state index contributed by atoms with van der Waals surface area (Å²) in [6, 6.07) is 17.5. The van der Waals surface area contributed by atoms with Crippen LogP contribution in [0.15, 0.2) is 54.6 Å². The molecule has 1 aromatic heterocycles. The summed E-state index contributed by atoms with van der Waals surface area (Å²) in [5, 5.41) is 2.96. The molecule has 31 heavy (non-hydrogen) atoms. The summed E-state index contributed by atoms with van der Waals surface area (Å²) < 4.78 is 0. The van der Waals surface area contributed by atoms with Crippen LogP contribution >= 0.6 is 11.3 Å². The Bertz CT molecular complexity index is 1110. The van der Waals surface area contributed by atoms with Crippen molar-refractivity contribution in [2.75, 3.05) is 18.4 Å². The van der Waals surface area contributed by atoms with Gasteiger partial charge in [0.25, 0.3) is 5.91 Å². The van der Waals surface area contributed by atoms with Gasteiger partial charge in [-0.15, -0.1) is 11.3 Å². The van der Waals surface area contributed by atoms with Crippen molar-refractivity contribution < 1.29 is 9.59 Å². The molecule has 1 amide bonds. The third kappa shape index (κ3) is 4.21. The molecule has 0 bridgehead atoms. The number of Topliss-reactive ketones (excluding diaryl/α,β-unsaturated/α-hetero) is 1. The normalized spacial score (nSPS) is 16.3. The highest BCUT2D eigenvalue weighted by Crippen LogP contribution is 2.39. The molecule has 4 nitrogen and oxygen atoms in total. The standard InChI is InChI=1S/C26H26N2O2S/c29-23-13-11-21-20(24-14-9-19(31-24)17-28-15-5-2-6-16-28)10-12-22(25(21)23)27-26(30)18-7-3-1-4-8-18/h1,3-4,7-10,12,14H,2,5-6,11,13,15-17H2,(H,27,30). The van der Waals surface area contributed by atoms with E-state index in [9.17, 15) is 9.59 Å². The van der Waals surface area contributed by atoms with Gasteiger partial charge >= 0.3 is 0 Å². The van der Waals surface area contributed by atoms with Crippen molar-refractivity contribution in [3.8, 4) is 10.4 Å². The Labute approximate surface area is 186 Å². The first-order valence-electron chi connectivity index (χ1n) is 11.1. The van der Waals surface area contributed by atoms with Gasteiger partial charge < -0.3 is 5.32 Å². The van der Waals surface area contributed by atoms with Crippen LogP contribution in [0.3, 0.4) is 0 Å². The minimum Gasteiger partial charge on any atom is -0.321 e. The molecule has 2 aliphatic rings. The van der Waals surface area contributed by atoms with E-state index in [4.69, 9.17) is 0 Å². The maximum atomic E-state index is 12.7. The number of benzene rings is 2. The fourth-order valence-corrected chi connectivity index (χ4v) is 5.76. The number of rotatable bonds is 5. The van der Waals surface area contributed by atoms with Gasteiger partial charge in [0.1, 0.15) is 0 Å². The number of fused-ring (bicyclic) bond motifs is 1. The summed E-state index contributed by atoms with van der Waals surface area (Å²) in [4.78, 5) is 30.5. The second-order valence-corrected chi connectivity index (χ2v) is 9.53. The molecule has 2 heterocycles. The van der Waals surface area contributed by atoms with Crippen molar-refractivity contribution in [1.82, 2.24) is 4.90 Å². The molecule has 5 heteroatoms. The predicted molar refractivity (Wildman–Crippen MR) is 126 cm³/mol. The number of piperidine rings is 1. The molecule has 0 radical (unpaired) electrons. The van der Waals surface area contributed by atoms with Gasteiger partial charge in [-0.1, -0.05) is 30.7 Å². The van der Waals surface area contributed by atoms with Crippen LogP contribution in [0, 0.1) is 0 Å². The molecule has 1 fully saturated rings. The summed E-state index contributed by atoms with van der Waals surface area (Å²) in [5.41, 5.74) is 4.11. The lowest BCUT2D eigenvalue weighted by molar-refractivity contribution is 0.0995. The van der Waals surface area contributed by atoms with Crippen LogP contribution in [0.5, 0.6) is 0 Å². The average Bonchev–Trinajstić information content (AvgIpc) is 3.42. The van der Waals surface area contributed by atoms with E-state index in [1.54, 1.807) is 12.1 Å². The molecule has 3 aromatic rings. The van der Waals surface area contributed by atoms with Gasteiger partial charge in [0.05, 0.1) is 5.69 Å². The molecule has 5 rings (SSSR count). The Kier molecular flexibility index (Phi) is 5.70.